The normalized spacial score (nSPS) is 12.5. The number of para-hydroxylation sites is 1. The standard InChI is InChI=1S/C13H19NO2.C11H14O2/c1-13(2,3)10-7-5-4-6-9(10)8-11(14)12(15)16;1-11(2,3)9-6-4-5-8(7-12)10(9)13/h4-7,11H,8,14H2,1-3H3,(H,15,16);4-7,13H,1-3H3/t11-;/m1./s1. The monoisotopic (exact) mass is 399 g/mol. The number of hydrogen-bond donors (Lipinski definition) is 3. The van der Waals surface area contributed by atoms with Gasteiger partial charge in [-0.2, -0.15) is 0 Å². The van der Waals surface area contributed by atoms with Gasteiger partial charge in [0.2, 0.25) is 0 Å². The summed E-state index contributed by atoms with van der Waals surface area (Å²) in [4.78, 5) is 21.3. The van der Waals surface area contributed by atoms with E-state index >= 15 is 0 Å². The molecular weight excluding hydrogens is 366 g/mol. The van der Waals surface area contributed by atoms with Gasteiger partial charge in [0.05, 0.1) is 5.56 Å². The van der Waals surface area contributed by atoms with Crippen LogP contribution in [0.4, 0.5) is 0 Å². The molecule has 0 saturated heterocycles. The van der Waals surface area contributed by atoms with Crippen LogP contribution >= 0.6 is 0 Å². The number of benzene rings is 2. The maximum Gasteiger partial charge on any atom is 0.320 e. The van der Waals surface area contributed by atoms with Crippen molar-refractivity contribution in [1.82, 2.24) is 0 Å². The summed E-state index contributed by atoms with van der Waals surface area (Å²) in [5.74, 6) is -0.853. The molecule has 158 valence electrons. The number of nitrogens with two attached hydrogens (primary N) is 1. The molecule has 0 aromatic heterocycles. The second-order valence-corrected chi connectivity index (χ2v) is 9.17. The van der Waals surface area contributed by atoms with Crippen LogP contribution in [-0.4, -0.2) is 28.5 Å². The molecule has 0 aliphatic heterocycles. The van der Waals surface area contributed by atoms with E-state index in [1.54, 1.807) is 12.1 Å². The Bertz CT molecular complexity index is 845. The van der Waals surface area contributed by atoms with Gasteiger partial charge in [0.25, 0.3) is 0 Å². The summed E-state index contributed by atoms with van der Waals surface area (Å²) in [5.41, 5.74) is 8.77. The van der Waals surface area contributed by atoms with Gasteiger partial charge in [0.15, 0.2) is 6.29 Å². The smallest absolute Gasteiger partial charge is 0.320 e. The highest BCUT2D eigenvalue weighted by molar-refractivity contribution is 5.80. The molecular formula is C24H33NO4. The van der Waals surface area contributed by atoms with Crippen LogP contribution in [0.2, 0.25) is 0 Å². The van der Waals surface area contributed by atoms with Crippen LogP contribution in [0.3, 0.4) is 0 Å². The highest BCUT2D eigenvalue weighted by atomic mass is 16.4. The predicted molar refractivity (Wildman–Crippen MR) is 117 cm³/mol. The van der Waals surface area contributed by atoms with Gasteiger partial charge in [0, 0.05) is 0 Å². The zero-order valence-electron chi connectivity index (χ0n) is 18.2. The quantitative estimate of drug-likeness (QED) is 0.660. The van der Waals surface area contributed by atoms with Crippen molar-refractivity contribution in [2.75, 3.05) is 0 Å². The zero-order valence-corrected chi connectivity index (χ0v) is 18.2. The summed E-state index contributed by atoms with van der Waals surface area (Å²) in [6, 6.07) is 12.3. The Morgan fingerprint density at radius 3 is 1.97 bits per heavy atom. The molecule has 0 aliphatic rings. The van der Waals surface area contributed by atoms with E-state index in [1.165, 1.54) is 0 Å². The second kappa shape index (κ2) is 9.70. The molecule has 0 radical (unpaired) electrons. The lowest BCUT2D eigenvalue weighted by atomic mass is 9.82. The van der Waals surface area contributed by atoms with Crippen molar-refractivity contribution in [3.05, 3.63) is 64.7 Å². The number of carboxylic acid groups (broad SMARTS) is 1. The second-order valence-electron chi connectivity index (χ2n) is 9.17. The van der Waals surface area contributed by atoms with Gasteiger partial charge >= 0.3 is 5.97 Å². The minimum Gasteiger partial charge on any atom is -0.507 e. The minimum atomic E-state index is -0.955. The lowest BCUT2D eigenvalue weighted by molar-refractivity contribution is -0.138. The van der Waals surface area contributed by atoms with E-state index in [9.17, 15) is 14.7 Å². The lowest BCUT2D eigenvalue weighted by Gasteiger charge is -2.23. The minimum absolute atomic E-state index is 0.00875. The highest BCUT2D eigenvalue weighted by Gasteiger charge is 2.21. The van der Waals surface area contributed by atoms with Crippen molar-refractivity contribution >= 4 is 12.3 Å². The van der Waals surface area contributed by atoms with Crippen LogP contribution in [-0.2, 0) is 22.0 Å². The van der Waals surface area contributed by atoms with Crippen LogP contribution < -0.4 is 5.73 Å². The molecule has 1 atom stereocenters. The molecule has 2 aromatic carbocycles. The first-order valence-electron chi connectivity index (χ1n) is 9.63. The molecule has 0 heterocycles. The molecule has 0 unspecified atom stereocenters. The number of carbonyl (C=O) groups excluding carboxylic acids is 1. The summed E-state index contributed by atoms with van der Waals surface area (Å²) >= 11 is 0. The molecule has 0 aliphatic carbocycles. The number of rotatable bonds is 4. The Balaban J connectivity index is 0.000000296. The van der Waals surface area contributed by atoms with Crippen LogP contribution in [0.15, 0.2) is 42.5 Å². The fourth-order valence-electron chi connectivity index (χ4n) is 3.02. The molecule has 0 fully saturated rings. The van der Waals surface area contributed by atoms with Crippen molar-refractivity contribution in [3.8, 4) is 5.75 Å². The Morgan fingerprint density at radius 1 is 0.966 bits per heavy atom. The maximum atomic E-state index is 10.7. The van der Waals surface area contributed by atoms with E-state index in [1.807, 2.05) is 51.1 Å². The number of aliphatic carboxylic acids is 1. The summed E-state index contributed by atoms with van der Waals surface area (Å²) in [6.45, 7) is 12.3. The largest absolute Gasteiger partial charge is 0.507 e. The SMILES string of the molecule is CC(C)(C)c1cccc(C=O)c1O.CC(C)(C)c1ccccc1C[C@@H](N)C(=O)O. The average molecular weight is 400 g/mol. The molecule has 0 bridgehead atoms. The van der Waals surface area contributed by atoms with Gasteiger partial charge in [-0.25, -0.2) is 0 Å². The van der Waals surface area contributed by atoms with Gasteiger partial charge in [-0.05, 0) is 40.0 Å². The first-order chi connectivity index (χ1) is 13.3. The molecule has 29 heavy (non-hydrogen) atoms. The van der Waals surface area contributed by atoms with Gasteiger partial charge in [-0.1, -0.05) is 77.9 Å². The van der Waals surface area contributed by atoms with Crippen molar-refractivity contribution in [3.63, 3.8) is 0 Å². The van der Waals surface area contributed by atoms with E-state index in [0.717, 1.165) is 16.7 Å². The third-order valence-corrected chi connectivity index (χ3v) is 4.58. The fraction of sp³-hybridized carbons (Fsp3) is 0.417. The first-order valence-corrected chi connectivity index (χ1v) is 9.63. The Kier molecular flexibility index (Phi) is 8.15. The first kappa shape index (κ1) is 24.4. The van der Waals surface area contributed by atoms with Gasteiger partial charge < -0.3 is 15.9 Å². The van der Waals surface area contributed by atoms with E-state index < -0.39 is 12.0 Å². The number of carbonyl (C=O) groups is 2. The van der Waals surface area contributed by atoms with Crippen LogP contribution in [0.25, 0.3) is 0 Å². The average Bonchev–Trinajstić information content (AvgIpc) is 2.61. The van der Waals surface area contributed by atoms with Gasteiger partial charge in [-0.15, -0.1) is 0 Å². The summed E-state index contributed by atoms with van der Waals surface area (Å²) < 4.78 is 0. The fourth-order valence-corrected chi connectivity index (χ4v) is 3.02. The summed E-state index contributed by atoms with van der Waals surface area (Å²) in [5, 5.41) is 18.5. The number of phenolic OH excluding ortho intramolecular Hbond substituents is 1. The van der Waals surface area contributed by atoms with Crippen molar-refractivity contribution in [2.24, 2.45) is 5.73 Å². The number of hydrogen-bond acceptors (Lipinski definition) is 4. The maximum absolute atomic E-state index is 10.7. The van der Waals surface area contributed by atoms with E-state index in [2.05, 4.69) is 20.8 Å². The zero-order chi connectivity index (χ0) is 22.4. The van der Waals surface area contributed by atoms with Crippen molar-refractivity contribution in [2.45, 2.75) is 64.8 Å². The van der Waals surface area contributed by atoms with E-state index in [-0.39, 0.29) is 16.6 Å². The summed E-state index contributed by atoms with van der Waals surface area (Å²) in [7, 11) is 0. The number of aromatic hydroxyl groups is 1. The van der Waals surface area contributed by atoms with E-state index in [4.69, 9.17) is 10.8 Å². The Labute approximate surface area is 173 Å². The van der Waals surface area contributed by atoms with Gasteiger partial charge in [0.1, 0.15) is 11.8 Å². The Morgan fingerprint density at radius 2 is 1.48 bits per heavy atom. The topological polar surface area (TPSA) is 101 Å². The lowest BCUT2D eigenvalue weighted by Crippen LogP contribution is -2.33. The molecule has 4 N–H and O–H groups in total. The van der Waals surface area contributed by atoms with Crippen LogP contribution in [0.1, 0.15) is 68.6 Å². The third kappa shape index (κ3) is 7.02. The molecule has 2 aromatic rings. The number of carboxylic acids is 1. The number of aldehydes is 1. The third-order valence-electron chi connectivity index (χ3n) is 4.58. The molecule has 0 amide bonds. The Hall–Kier alpha value is -2.66. The highest BCUT2D eigenvalue weighted by Crippen LogP contribution is 2.32. The van der Waals surface area contributed by atoms with Crippen LogP contribution in [0.5, 0.6) is 5.75 Å². The molecule has 5 heteroatoms. The van der Waals surface area contributed by atoms with Crippen molar-refractivity contribution in [1.29, 1.82) is 0 Å². The van der Waals surface area contributed by atoms with Crippen molar-refractivity contribution < 1.29 is 19.8 Å². The number of phenols is 1. The summed E-state index contributed by atoms with van der Waals surface area (Å²) in [6.07, 6.45) is 1.05. The molecule has 0 spiro atoms. The predicted octanol–water partition coefficient (Wildman–Crippen LogP) is 4.44. The molecule has 5 nitrogen and oxygen atoms in total. The van der Waals surface area contributed by atoms with E-state index in [0.29, 0.717) is 18.3 Å². The molecule has 2 rings (SSSR count). The molecule has 0 saturated carbocycles. The van der Waals surface area contributed by atoms with Crippen LogP contribution in [0, 0.1) is 0 Å². The van der Waals surface area contributed by atoms with Gasteiger partial charge in [-0.3, -0.25) is 9.59 Å².